The number of rotatable bonds is 5. The number of urea groups is 1. The van der Waals surface area contributed by atoms with Gasteiger partial charge in [0.15, 0.2) is 0 Å². The van der Waals surface area contributed by atoms with Crippen LogP contribution in [0.25, 0.3) is 10.4 Å². The Hall–Kier alpha value is -2.11. The summed E-state index contributed by atoms with van der Waals surface area (Å²) in [6.45, 7) is 3.26. The highest BCUT2D eigenvalue weighted by molar-refractivity contribution is 7.19. The molecule has 0 saturated carbocycles. The number of thiophene rings is 1. The van der Waals surface area contributed by atoms with Gasteiger partial charge in [0.1, 0.15) is 0 Å². The summed E-state index contributed by atoms with van der Waals surface area (Å²) in [5.74, 6) is 0. The molecule has 0 spiro atoms. The third-order valence-electron chi connectivity index (χ3n) is 6.14. The number of likely N-dealkylation sites (tertiary alicyclic amines) is 1. The number of piperidine rings is 1. The molecule has 0 unspecified atom stereocenters. The van der Waals surface area contributed by atoms with Crippen molar-refractivity contribution in [3.8, 4) is 10.4 Å². The van der Waals surface area contributed by atoms with E-state index in [4.69, 9.17) is 0 Å². The first-order chi connectivity index (χ1) is 14.8. The number of nitrogens with zero attached hydrogens (tertiary/aromatic N) is 1. The quantitative estimate of drug-likeness (QED) is 0.556. The van der Waals surface area contributed by atoms with Gasteiger partial charge >= 0.3 is 6.03 Å². The van der Waals surface area contributed by atoms with E-state index in [-0.39, 0.29) is 12.1 Å². The van der Waals surface area contributed by atoms with E-state index in [1.54, 1.807) is 16.9 Å². The highest BCUT2D eigenvalue weighted by atomic mass is 32.1. The van der Waals surface area contributed by atoms with E-state index in [0.717, 1.165) is 37.5 Å². The van der Waals surface area contributed by atoms with Crippen LogP contribution in [0.15, 0.2) is 54.1 Å². The van der Waals surface area contributed by atoms with Crippen LogP contribution in [-0.2, 0) is 0 Å². The van der Waals surface area contributed by atoms with Crippen molar-refractivity contribution >= 4 is 22.4 Å². The van der Waals surface area contributed by atoms with Crippen molar-refractivity contribution in [1.29, 1.82) is 0 Å². The molecule has 30 heavy (non-hydrogen) atoms. The molecule has 1 saturated heterocycles. The van der Waals surface area contributed by atoms with Crippen LogP contribution in [0.1, 0.15) is 51.4 Å². The fourth-order valence-corrected chi connectivity index (χ4v) is 5.33. The molecule has 1 aromatic carbocycles. The van der Waals surface area contributed by atoms with E-state index < -0.39 is 0 Å². The number of carbonyl (C=O) groups excluding carboxylic acids is 1. The number of hydrogen-bond donors (Lipinski definition) is 2. The maximum absolute atomic E-state index is 12.5. The van der Waals surface area contributed by atoms with Gasteiger partial charge in [-0.3, -0.25) is 10.2 Å². The summed E-state index contributed by atoms with van der Waals surface area (Å²) in [5.41, 5.74) is 2.81. The second-order valence-electron chi connectivity index (χ2n) is 8.49. The molecule has 160 valence electrons. The van der Waals surface area contributed by atoms with E-state index in [0.29, 0.717) is 0 Å². The summed E-state index contributed by atoms with van der Waals surface area (Å²) in [6, 6.07) is 14.5. The van der Waals surface area contributed by atoms with Gasteiger partial charge in [0.25, 0.3) is 0 Å². The smallest absolute Gasteiger partial charge is 0.320 e. The minimum Gasteiger partial charge on any atom is -0.335 e. The number of carbonyl (C=O) groups is 1. The van der Waals surface area contributed by atoms with E-state index >= 15 is 0 Å². The SMILES string of the molecule is O=C(Nc1ccc(-c2ccccc2)s1)NC1CCN(C/C2=C/CCCCCC2)CC1. The van der Waals surface area contributed by atoms with Crippen LogP contribution in [0, 0.1) is 0 Å². The Morgan fingerprint density at radius 3 is 2.63 bits per heavy atom. The lowest BCUT2D eigenvalue weighted by Gasteiger charge is -2.33. The van der Waals surface area contributed by atoms with Gasteiger partial charge in [-0.05, 0) is 56.2 Å². The predicted molar refractivity (Wildman–Crippen MR) is 127 cm³/mol. The average Bonchev–Trinajstić information content (AvgIpc) is 3.20. The maximum Gasteiger partial charge on any atom is 0.320 e. The van der Waals surface area contributed by atoms with Crippen molar-refractivity contribution in [2.45, 2.75) is 57.4 Å². The van der Waals surface area contributed by atoms with E-state index in [2.05, 4.69) is 39.8 Å². The normalized spacial score (nSPS) is 20.6. The Morgan fingerprint density at radius 2 is 1.80 bits per heavy atom. The van der Waals surface area contributed by atoms with E-state index in [9.17, 15) is 4.79 Å². The molecule has 2 heterocycles. The summed E-state index contributed by atoms with van der Waals surface area (Å²) in [4.78, 5) is 16.2. The van der Waals surface area contributed by atoms with Gasteiger partial charge in [-0.1, -0.05) is 54.8 Å². The molecule has 5 heteroatoms. The Morgan fingerprint density at radius 1 is 1.00 bits per heavy atom. The molecule has 1 aliphatic carbocycles. The maximum atomic E-state index is 12.5. The van der Waals surface area contributed by atoms with Gasteiger partial charge in [-0.25, -0.2) is 4.79 Å². The summed E-state index contributed by atoms with van der Waals surface area (Å²) < 4.78 is 0. The van der Waals surface area contributed by atoms with Crippen molar-refractivity contribution < 1.29 is 4.79 Å². The summed E-state index contributed by atoms with van der Waals surface area (Å²) in [6.07, 6.45) is 12.5. The highest BCUT2D eigenvalue weighted by Crippen LogP contribution is 2.31. The van der Waals surface area contributed by atoms with Crippen molar-refractivity contribution in [2.24, 2.45) is 0 Å². The lowest BCUT2D eigenvalue weighted by molar-refractivity contribution is 0.205. The van der Waals surface area contributed by atoms with Gasteiger partial charge in [-0.15, -0.1) is 11.3 Å². The van der Waals surface area contributed by atoms with Gasteiger partial charge in [0.2, 0.25) is 0 Å². The second-order valence-corrected chi connectivity index (χ2v) is 9.58. The zero-order chi connectivity index (χ0) is 20.6. The lowest BCUT2D eigenvalue weighted by Crippen LogP contribution is -2.46. The van der Waals surface area contributed by atoms with Crippen LogP contribution in [0.3, 0.4) is 0 Å². The Kier molecular flexibility index (Phi) is 7.59. The van der Waals surface area contributed by atoms with Crippen molar-refractivity contribution in [3.63, 3.8) is 0 Å². The van der Waals surface area contributed by atoms with Gasteiger partial charge < -0.3 is 5.32 Å². The number of amides is 2. The molecule has 0 atom stereocenters. The Balaban J connectivity index is 1.20. The number of hydrogen-bond acceptors (Lipinski definition) is 3. The molecule has 4 rings (SSSR count). The van der Waals surface area contributed by atoms with Crippen molar-refractivity contribution in [1.82, 2.24) is 10.2 Å². The third kappa shape index (κ3) is 6.19. The van der Waals surface area contributed by atoms with Gasteiger partial charge in [0.05, 0.1) is 5.00 Å². The fourth-order valence-electron chi connectivity index (χ4n) is 4.42. The van der Waals surface area contributed by atoms with Crippen LogP contribution in [0.2, 0.25) is 0 Å². The molecule has 2 aromatic rings. The average molecular weight is 424 g/mol. The van der Waals surface area contributed by atoms with Crippen LogP contribution in [0.5, 0.6) is 0 Å². The predicted octanol–water partition coefficient (Wildman–Crippen LogP) is 6.28. The first kappa shape index (κ1) is 21.1. The molecular formula is C25H33N3OS. The first-order valence-electron chi connectivity index (χ1n) is 11.4. The lowest BCUT2D eigenvalue weighted by atomic mass is 9.98. The molecule has 2 amide bonds. The monoisotopic (exact) mass is 423 g/mol. The Bertz CT molecular complexity index is 837. The highest BCUT2D eigenvalue weighted by Gasteiger charge is 2.21. The van der Waals surface area contributed by atoms with Gasteiger partial charge in [0, 0.05) is 30.6 Å². The molecule has 2 aliphatic rings. The van der Waals surface area contributed by atoms with Crippen LogP contribution in [0.4, 0.5) is 9.80 Å². The molecule has 0 radical (unpaired) electrons. The van der Waals surface area contributed by atoms with E-state index in [1.165, 1.54) is 49.0 Å². The summed E-state index contributed by atoms with van der Waals surface area (Å²) in [7, 11) is 0. The second kappa shape index (κ2) is 10.8. The van der Waals surface area contributed by atoms with Crippen LogP contribution >= 0.6 is 11.3 Å². The standard InChI is InChI=1S/C25H33N3OS/c29-25(27-24-14-13-23(30-24)21-11-7-4-8-12-21)26-22-15-17-28(18-16-22)19-20-9-5-2-1-3-6-10-20/h4,7-9,11-14,22H,1-3,5-6,10,15-19H2,(H2,26,27,29)/b20-9+. The zero-order valence-electron chi connectivity index (χ0n) is 17.7. The minimum atomic E-state index is -0.0855. The molecule has 0 bridgehead atoms. The van der Waals surface area contributed by atoms with E-state index in [1.807, 2.05) is 24.3 Å². The zero-order valence-corrected chi connectivity index (χ0v) is 18.6. The number of anilines is 1. The van der Waals surface area contributed by atoms with Crippen LogP contribution in [-0.4, -0.2) is 36.6 Å². The molecule has 2 N–H and O–H groups in total. The minimum absolute atomic E-state index is 0.0855. The molecular weight excluding hydrogens is 390 g/mol. The summed E-state index contributed by atoms with van der Waals surface area (Å²) in [5, 5.41) is 7.08. The Labute approximate surface area is 184 Å². The van der Waals surface area contributed by atoms with Crippen molar-refractivity contribution in [3.05, 3.63) is 54.1 Å². The largest absolute Gasteiger partial charge is 0.335 e. The fraction of sp³-hybridized carbons (Fsp3) is 0.480. The van der Waals surface area contributed by atoms with Crippen molar-refractivity contribution in [2.75, 3.05) is 25.0 Å². The molecule has 1 aromatic heterocycles. The number of benzene rings is 1. The third-order valence-corrected chi connectivity index (χ3v) is 7.19. The molecule has 4 nitrogen and oxygen atoms in total. The molecule has 1 aliphatic heterocycles. The number of allylic oxidation sites excluding steroid dienone is 1. The molecule has 1 fully saturated rings. The van der Waals surface area contributed by atoms with Gasteiger partial charge in [-0.2, -0.15) is 0 Å². The summed E-state index contributed by atoms with van der Waals surface area (Å²) >= 11 is 1.61. The topological polar surface area (TPSA) is 44.4 Å². The van der Waals surface area contributed by atoms with Crippen LogP contribution < -0.4 is 10.6 Å². The first-order valence-corrected chi connectivity index (χ1v) is 12.2. The number of nitrogens with one attached hydrogen (secondary N) is 2.